The number of carbonyl (C=O) groups is 1. The Morgan fingerprint density at radius 2 is 1.76 bits per heavy atom. The van der Waals surface area contributed by atoms with Gasteiger partial charge in [-0.05, 0) is 25.1 Å². The molecule has 0 heterocycles. The van der Waals surface area contributed by atoms with Crippen LogP contribution in [0.2, 0.25) is 0 Å². The molecular formula is C15H13F2NO3. The molecule has 0 spiro atoms. The average molecular weight is 293 g/mol. The number of carbonyl (C=O) groups excluding carboxylic acids is 1. The van der Waals surface area contributed by atoms with E-state index in [2.05, 4.69) is 5.32 Å². The third-order valence-electron chi connectivity index (χ3n) is 2.96. The van der Waals surface area contributed by atoms with Gasteiger partial charge in [0.2, 0.25) is 0 Å². The van der Waals surface area contributed by atoms with Crippen molar-refractivity contribution in [3.63, 3.8) is 0 Å². The molecule has 0 aliphatic rings. The Morgan fingerprint density at radius 1 is 1.14 bits per heavy atom. The normalized spacial score (nSPS) is 12.0. The highest BCUT2D eigenvalue weighted by molar-refractivity contribution is 5.95. The minimum Gasteiger partial charge on any atom is -0.508 e. The van der Waals surface area contributed by atoms with Gasteiger partial charge < -0.3 is 15.5 Å². The zero-order valence-electron chi connectivity index (χ0n) is 11.1. The van der Waals surface area contributed by atoms with Crippen molar-refractivity contribution in [3.8, 4) is 11.5 Å². The maximum atomic E-state index is 13.6. The van der Waals surface area contributed by atoms with Gasteiger partial charge in [0, 0.05) is 17.2 Å². The number of hydrogen-bond donors (Lipinski definition) is 3. The fraction of sp³-hybridized carbons (Fsp3) is 0.133. The fourth-order valence-electron chi connectivity index (χ4n) is 1.94. The first-order valence-corrected chi connectivity index (χ1v) is 6.16. The minimum absolute atomic E-state index is 0.00715. The number of amides is 1. The zero-order chi connectivity index (χ0) is 15.6. The highest BCUT2D eigenvalue weighted by Crippen LogP contribution is 2.22. The summed E-state index contributed by atoms with van der Waals surface area (Å²) in [6.45, 7) is 1.50. The maximum absolute atomic E-state index is 13.6. The van der Waals surface area contributed by atoms with Crippen LogP contribution in [0.15, 0.2) is 36.4 Å². The minimum atomic E-state index is -1.02. The lowest BCUT2D eigenvalue weighted by Crippen LogP contribution is -2.27. The second kappa shape index (κ2) is 5.78. The van der Waals surface area contributed by atoms with Gasteiger partial charge in [0.1, 0.15) is 11.5 Å². The van der Waals surface area contributed by atoms with Gasteiger partial charge >= 0.3 is 0 Å². The van der Waals surface area contributed by atoms with Crippen LogP contribution >= 0.6 is 0 Å². The molecule has 4 nitrogen and oxygen atoms in total. The molecule has 21 heavy (non-hydrogen) atoms. The lowest BCUT2D eigenvalue weighted by atomic mass is 10.1. The third-order valence-corrected chi connectivity index (χ3v) is 2.96. The predicted octanol–water partition coefficient (Wildman–Crippen LogP) is 2.87. The first-order valence-electron chi connectivity index (χ1n) is 6.16. The SMILES string of the molecule is CC(NC(=O)c1cc(O)cc(O)c1)c1cccc(F)c1F. The maximum Gasteiger partial charge on any atom is 0.252 e. The summed E-state index contributed by atoms with van der Waals surface area (Å²) in [5.41, 5.74) is 0.0175. The third kappa shape index (κ3) is 3.28. The number of phenols is 2. The second-order valence-electron chi connectivity index (χ2n) is 4.58. The van der Waals surface area contributed by atoms with Gasteiger partial charge in [0.15, 0.2) is 11.6 Å². The highest BCUT2D eigenvalue weighted by Gasteiger charge is 2.17. The molecule has 0 aliphatic carbocycles. The van der Waals surface area contributed by atoms with Gasteiger partial charge in [-0.15, -0.1) is 0 Å². The molecule has 2 rings (SSSR count). The van der Waals surface area contributed by atoms with Gasteiger partial charge in [0.25, 0.3) is 5.91 Å². The van der Waals surface area contributed by atoms with Crippen LogP contribution in [0.1, 0.15) is 28.9 Å². The smallest absolute Gasteiger partial charge is 0.252 e. The number of phenolic OH excluding ortho intramolecular Hbond substituents is 2. The Balaban J connectivity index is 2.21. The van der Waals surface area contributed by atoms with Gasteiger partial charge in [-0.1, -0.05) is 12.1 Å². The van der Waals surface area contributed by atoms with E-state index in [1.54, 1.807) is 0 Å². The lowest BCUT2D eigenvalue weighted by molar-refractivity contribution is 0.0938. The molecule has 0 aliphatic heterocycles. The molecule has 0 saturated heterocycles. The topological polar surface area (TPSA) is 69.6 Å². The summed E-state index contributed by atoms with van der Waals surface area (Å²) >= 11 is 0. The van der Waals surface area contributed by atoms with Crippen molar-refractivity contribution in [2.45, 2.75) is 13.0 Å². The molecular weight excluding hydrogens is 280 g/mol. The Labute approximate surface area is 119 Å². The summed E-state index contributed by atoms with van der Waals surface area (Å²) in [7, 11) is 0. The number of benzene rings is 2. The first kappa shape index (κ1) is 14.8. The highest BCUT2D eigenvalue weighted by atomic mass is 19.2. The number of nitrogens with one attached hydrogen (secondary N) is 1. The van der Waals surface area contributed by atoms with Gasteiger partial charge in [-0.2, -0.15) is 0 Å². The zero-order valence-corrected chi connectivity index (χ0v) is 11.1. The molecule has 0 fully saturated rings. The Kier molecular flexibility index (Phi) is 4.07. The Hall–Kier alpha value is -2.63. The van der Waals surface area contributed by atoms with Crippen LogP contribution in [-0.4, -0.2) is 16.1 Å². The van der Waals surface area contributed by atoms with E-state index in [4.69, 9.17) is 0 Å². The number of halogens is 2. The van der Waals surface area contributed by atoms with Crippen LogP contribution in [0.5, 0.6) is 11.5 Å². The van der Waals surface area contributed by atoms with E-state index in [1.807, 2.05) is 0 Å². The van der Waals surface area contributed by atoms with E-state index in [1.165, 1.54) is 19.1 Å². The molecule has 6 heteroatoms. The van der Waals surface area contributed by atoms with Crippen LogP contribution in [0.3, 0.4) is 0 Å². The van der Waals surface area contributed by atoms with E-state index in [-0.39, 0.29) is 22.6 Å². The molecule has 2 aromatic carbocycles. The van der Waals surface area contributed by atoms with Crippen LogP contribution in [0.4, 0.5) is 8.78 Å². The van der Waals surface area contributed by atoms with Crippen molar-refractivity contribution >= 4 is 5.91 Å². The van der Waals surface area contributed by atoms with E-state index in [0.29, 0.717) is 0 Å². The summed E-state index contributed by atoms with van der Waals surface area (Å²) < 4.78 is 26.8. The average Bonchev–Trinajstić information content (AvgIpc) is 2.40. The van der Waals surface area contributed by atoms with E-state index in [9.17, 15) is 23.8 Å². The van der Waals surface area contributed by atoms with Crippen LogP contribution < -0.4 is 5.32 Å². The van der Waals surface area contributed by atoms with Gasteiger partial charge in [0.05, 0.1) is 6.04 Å². The molecule has 0 radical (unpaired) electrons. The van der Waals surface area contributed by atoms with Gasteiger partial charge in [-0.25, -0.2) is 8.78 Å². The summed E-state index contributed by atoms with van der Waals surface area (Å²) in [4.78, 5) is 12.0. The van der Waals surface area contributed by atoms with Crippen molar-refractivity contribution in [1.82, 2.24) is 5.32 Å². The summed E-state index contributed by atoms with van der Waals surface area (Å²) in [6, 6.07) is 6.30. The Morgan fingerprint density at radius 3 is 2.38 bits per heavy atom. The van der Waals surface area contributed by atoms with Gasteiger partial charge in [-0.3, -0.25) is 4.79 Å². The van der Waals surface area contributed by atoms with E-state index >= 15 is 0 Å². The van der Waals surface area contributed by atoms with Crippen LogP contribution in [0.25, 0.3) is 0 Å². The van der Waals surface area contributed by atoms with Crippen molar-refractivity contribution < 1.29 is 23.8 Å². The molecule has 0 aromatic heterocycles. The van der Waals surface area contributed by atoms with Crippen molar-refractivity contribution in [2.24, 2.45) is 0 Å². The van der Waals surface area contributed by atoms with E-state index < -0.39 is 23.6 Å². The molecule has 110 valence electrons. The predicted molar refractivity (Wildman–Crippen MR) is 72.0 cm³/mol. The quantitative estimate of drug-likeness (QED) is 0.815. The fourth-order valence-corrected chi connectivity index (χ4v) is 1.94. The number of aromatic hydroxyl groups is 2. The van der Waals surface area contributed by atoms with Crippen LogP contribution in [-0.2, 0) is 0 Å². The molecule has 2 aromatic rings. The Bertz CT molecular complexity index is 668. The van der Waals surface area contributed by atoms with Crippen molar-refractivity contribution in [2.75, 3.05) is 0 Å². The molecule has 1 amide bonds. The molecule has 1 atom stereocenters. The molecule has 0 saturated carbocycles. The molecule has 0 bridgehead atoms. The summed E-state index contributed by atoms with van der Waals surface area (Å²) in [5, 5.41) is 21.1. The number of hydrogen-bond acceptors (Lipinski definition) is 3. The largest absolute Gasteiger partial charge is 0.508 e. The van der Waals surface area contributed by atoms with Crippen LogP contribution in [0, 0.1) is 11.6 Å². The lowest BCUT2D eigenvalue weighted by Gasteiger charge is -2.15. The monoisotopic (exact) mass is 293 g/mol. The van der Waals surface area contributed by atoms with Crippen molar-refractivity contribution in [1.29, 1.82) is 0 Å². The second-order valence-corrected chi connectivity index (χ2v) is 4.58. The molecule has 1 unspecified atom stereocenters. The number of rotatable bonds is 3. The first-order chi connectivity index (χ1) is 9.88. The van der Waals surface area contributed by atoms with E-state index in [0.717, 1.165) is 24.3 Å². The summed E-state index contributed by atoms with van der Waals surface area (Å²) in [6.07, 6.45) is 0. The standard InChI is InChI=1S/C15H13F2NO3/c1-8(12-3-2-4-13(16)14(12)17)18-15(21)9-5-10(19)7-11(20)6-9/h2-8,19-20H,1H3,(H,18,21). The summed E-state index contributed by atoms with van der Waals surface area (Å²) in [5.74, 6) is -3.19. The molecule has 3 N–H and O–H groups in total. The van der Waals surface area contributed by atoms with Crippen molar-refractivity contribution in [3.05, 3.63) is 59.2 Å².